The fraction of sp³-hybridized carbons (Fsp3) is 0.800. The zero-order valence-electron chi connectivity index (χ0n) is 7.24. The van der Waals surface area contributed by atoms with Crippen LogP contribution in [-0.4, -0.2) is 0 Å². The Kier molecular flexibility index (Phi) is 2.98. The van der Waals surface area contributed by atoms with E-state index in [1.807, 2.05) is 0 Å². The molecule has 0 bridgehead atoms. The minimum absolute atomic E-state index is 1.30. The molecule has 0 aromatic carbocycles. The first-order valence-corrected chi connectivity index (χ1v) is 4.58. The first-order chi connectivity index (χ1) is 4.88. The zero-order valence-corrected chi connectivity index (χ0v) is 7.24. The molecule has 0 aliphatic heterocycles. The molecule has 1 aliphatic rings. The molecule has 0 atom stereocenters. The van der Waals surface area contributed by atoms with Crippen molar-refractivity contribution in [3.63, 3.8) is 0 Å². The highest BCUT2D eigenvalue weighted by atomic mass is 14.2. The van der Waals surface area contributed by atoms with Crippen LogP contribution in [0.4, 0.5) is 0 Å². The molecule has 0 nitrogen and oxygen atoms in total. The maximum Gasteiger partial charge on any atom is -0.0280 e. The van der Waals surface area contributed by atoms with Crippen LogP contribution in [0.15, 0.2) is 11.1 Å². The summed E-state index contributed by atoms with van der Waals surface area (Å²) >= 11 is 0. The maximum atomic E-state index is 2.29. The van der Waals surface area contributed by atoms with Gasteiger partial charge < -0.3 is 0 Å². The molecule has 1 rings (SSSR count). The van der Waals surface area contributed by atoms with E-state index in [-0.39, 0.29) is 0 Å². The van der Waals surface area contributed by atoms with E-state index >= 15 is 0 Å². The minimum Gasteiger partial charge on any atom is -0.0713 e. The third kappa shape index (κ3) is 2.17. The number of unbranched alkanes of at least 4 members (excludes halogenated alkanes) is 1. The van der Waals surface area contributed by atoms with Crippen LogP contribution >= 0.6 is 0 Å². The van der Waals surface area contributed by atoms with E-state index < -0.39 is 0 Å². The van der Waals surface area contributed by atoms with Gasteiger partial charge in [-0.15, -0.1) is 0 Å². The lowest BCUT2D eigenvalue weighted by molar-refractivity contribution is 0.763. The first-order valence-electron chi connectivity index (χ1n) is 4.58. The summed E-state index contributed by atoms with van der Waals surface area (Å²) in [6.45, 7) is 4.56. The van der Waals surface area contributed by atoms with E-state index in [1.165, 1.54) is 38.5 Å². The molecule has 0 saturated heterocycles. The SMILES string of the molecule is CCCCC(CC)=C1CC1. The van der Waals surface area contributed by atoms with Gasteiger partial charge in [0.2, 0.25) is 0 Å². The van der Waals surface area contributed by atoms with Gasteiger partial charge in [0.05, 0.1) is 0 Å². The molecule has 0 amide bonds. The summed E-state index contributed by atoms with van der Waals surface area (Å²) < 4.78 is 0. The summed E-state index contributed by atoms with van der Waals surface area (Å²) in [5.74, 6) is 0. The third-order valence-corrected chi connectivity index (χ3v) is 2.26. The Labute approximate surface area is 64.3 Å². The van der Waals surface area contributed by atoms with Gasteiger partial charge in [-0.05, 0) is 32.1 Å². The maximum absolute atomic E-state index is 2.29. The highest BCUT2D eigenvalue weighted by Gasteiger charge is 2.15. The molecule has 0 unspecified atom stereocenters. The van der Waals surface area contributed by atoms with Gasteiger partial charge in [0, 0.05) is 0 Å². The second-order valence-electron chi connectivity index (χ2n) is 3.16. The largest absolute Gasteiger partial charge is 0.0713 e. The second kappa shape index (κ2) is 3.80. The van der Waals surface area contributed by atoms with E-state index in [1.54, 1.807) is 11.1 Å². The molecular weight excluding hydrogens is 120 g/mol. The van der Waals surface area contributed by atoms with Crippen molar-refractivity contribution in [2.75, 3.05) is 0 Å². The lowest BCUT2D eigenvalue weighted by atomic mass is 10.1. The van der Waals surface area contributed by atoms with E-state index in [2.05, 4.69) is 13.8 Å². The summed E-state index contributed by atoms with van der Waals surface area (Å²) in [4.78, 5) is 0. The minimum atomic E-state index is 1.30. The fourth-order valence-corrected chi connectivity index (χ4v) is 1.41. The average Bonchev–Trinajstić information content (AvgIpc) is 2.73. The van der Waals surface area contributed by atoms with Crippen LogP contribution in [0.3, 0.4) is 0 Å². The molecule has 1 saturated carbocycles. The molecule has 1 fully saturated rings. The van der Waals surface area contributed by atoms with Crippen LogP contribution in [0.1, 0.15) is 52.4 Å². The summed E-state index contributed by atoms with van der Waals surface area (Å²) in [5, 5.41) is 0. The monoisotopic (exact) mass is 138 g/mol. The van der Waals surface area contributed by atoms with Crippen LogP contribution in [-0.2, 0) is 0 Å². The number of rotatable bonds is 4. The Bertz CT molecular complexity index is 125. The predicted molar refractivity (Wildman–Crippen MR) is 46.1 cm³/mol. The fourth-order valence-electron chi connectivity index (χ4n) is 1.41. The Morgan fingerprint density at radius 3 is 2.40 bits per heavy atom. The van der Waals surface area contributed by atoms with Gasteiger partial charge in [0.15, 0.2) is 0 Å². The highest BCUT2D eigenvalue weighted by Crippen LogP contribution is 2.34. The summed E-state index contributed by atoms with van der Waals surface area (Å²) in [6, 6.07) is 0. The molecule has 0 aromatic heterocycles. The second-order valence-corrected chi connectivity index (χ2v) is 3.16. The van der Waals surface area contributed by atoms with Crippen LogP contribution in [0.2, 0.25) is 0 Å². The van der Waals surface area contributed by atoms with Crippen molar-refractivity contribution in [3.8, 4) is 0 Å². The zero-order chi connectivity index (χ0) is 7.40. The van der Waals surface area contributed by atoms with Gasteiger partial charge in [-0.2, -0.15) is 0 Å². The van der Waals surface area contributed by atoms with Crippen LogP contribution in [0, 0.1) is 0 Å². The van der Waals surface area contributed by atoms with Gasteiger partial charge in [-0.3, -0.25) is 0 Å². The van der Waals surface area contributed by atoms with Gasteiger partial charge in [-0.1, -0.05) is 31.4 Å². The van der Waals surface area contributed by atoms with Gasteiger partial charge in [-0.25, -0.2) is 0 Å². The molecule has 0 aromatic rings. The van der Waals surface area contributed by atoms with Crippen LogP contribution in [0.25, 0.3) is 0 Å². The van der Waals surface area contributed by atoms with Crippen molar-refractivity contribution in [1.29, 1.82) is 0 Å². The topological polar surface area (TPSA) is 0 Å². The molecule has 0 radical (unpaired) electrons. The van der Waals surface area contributed by atoms with Gasteiger partial charge in [0.1, 0.15) is 0 Å². The lowest BCUT2D eigenvalue weighted by Gasteiger charge is -2.00. The molecule has 10 heavy (non-hydrogen) atoms. The summed E-state index contributed by atoms with van der Waals surface area (Å²) in [7, 11) is 0. The van der Waals surface area contributed by atoms with Crippen molar-refractivity contribution in [3.05, 3.63) is 11.1 Å². The van der Waals surface area contributed by atoms with Crippen molar-refractivity contribution < 1.29 is 0 Å². The summed E-state index contributed by atoms with van der Waals surface area (Å²) in [6.07, 6.45) is 8.24. The Morgan fingerprint density at radius 2 is 2.00 bits per heavy atom. The Hall–Kier alpha value is -0.260. The van der Waals surface area contributed by atoms with Gasteiger partial charge in [0.25, 0.3) is 0 Å². The highest BCUT2D eigenvalue weighted by molar-refractivity contribution is 5.24. The summed E-state index contributed by atoms with van der Waals surface area (Å²) in [5.41, 5.74) is 3.54. The molecule has 0 N–H and O–H groups in total. The van der Waals surface area contributed by atoms with E-state index in [0.717, 1.165) is 0 Å². The molecule has 0 heterocycles. The van der Waals surface area contributed by atoms with Crippen LogP contribution < -0.4 is 0 Å². The van der Waals surface area contributed by atoms with E-state index in [4.69, 9.17) is 0 Å². The first kappa shape index (κ1) is 7.84. The smallest absolute Gasteiger partial charge is 0.0280 e. The molecule has 58 valence electrons. The molecule has 0 heteroatoms. The van der Waals surface area contributed by atoms with Gasteiger partial charge >= 0.3 is 0 Å². The standard InChI is InChI=1S/C10H18/c1-3-5-6-9(4-2)10-7-8-10/h3-8H2,1-2H3. The Balaban J connectivity index is 2.28. The number of hydrogen-bond donors (Lipinski definition) is 0. The third-order valence-electron chi connectivity index (χ3n) is 2.26. The normalized spacial score (nSPS) is 15.6. The predicted octanol–water partition coefficient (Wildman–Crippen LogP) is 3.68. The Morgan fingerprint density at radius 1 is 1.30 bits per heavy atom. The average molecular weight is 138 g/mol. The molecule has 0 spiro atoms. The van der Waals surface area contributed by atoms with Crippen molar-refractivity contribution >= 4 is 0 Å². The molecular formula is C10H18. The lowest BCUT2D eigenvalue weighted by Crippen LogP contribution is -1.80. The van der Waals surface area contributed by atoms with Crippen LogP contribution in [0.5, 0.6) is 0 Å². The number of allylic oxidation sites excluding steroid dienone is 2. The number of hydrogen-bond acceptors (Lipinski definition) is 0. The van der Waals surface area contributed by atoms with E-state index in [9.17, 15) is 0 Å². The molecule has 1 aliphatic carbocycles. The van der Waals surface area contributed by atoms with Crippen molar-refractivity contribution in [1.82, 2.24) is 0 Å². The van der Waals surface area contributed by atoms with Crippen molar-refractivity contribution in [2.45, 2.75) is 52.4 Å². The van der Waals surface area contributed by atoms with Crippen molar-refractivity contribution in [2.24, 2.45) is 0 Å². The van der Waals surface area contributed by atoms with E-state index in [0.29, 0.717) is 0 Å². The quantitative estimate of drug-likeness (QED) is 0.520.